The first kappa shape index (κ1) is 24.6. The Morgan fingerprint density at radius 1 is 0.886 bits per heavy atom. The van der Waals surface area contributed by atoms with Gasteiger partial charge in [-0.3, -0.25) is 9.59 Å². The summed E-state index contributed by atoms with van der Waals surface area (Å²) >= 11 is 18.1. The number of hydrogen-bond donors (Lipinski definition) is 1. The Hall–Kier alpha value is -3.52. The standard InChI is InChI=1S/C25H17Cl3N2O5/c1-2-34-19-5-3-4-6-20(19)35-25(33)14-7-9-15(10-8-14)29-22-21(28)23(31)30(24(22)32)16-11-12-17(26)18(27)13-16/h3-13,29H,2H2,1H3. The first-order chi connectivity index (χ1) is 16.8. The number of imide groups is 1. The Kier molecular flexibility index (Phi) is 7.31. The molecular weight excluding hydrogens is 515 g/mol. The van der Waals surface area contributed by atoms with Crippen LogP contribution in [0, 0.1) is 0 Å². The number of esters is 1. The molecule has 0 spiro atoms. The third-order valence-electron chi connectivity index (χ3n) is 4.93. The molecule has 0 radical (unpaired) electrons. The molecule has 7 nitrogen and oxygen atoms in total. The Balaban J connectivity index is 1.48. The fourth-order valence-corrected chi connectivity index (χ4v) is 3.78. The van der Waals surface area contributed by atoms with Gasteiger partial charge in [-0.2, -0.15) is 0 Å². The Labute approximate surface area is 215 Å². The number of amides is 2. The lowest BCUT2D eigenvalue weighted by molar-refractivity contribution is -0.120. The van der Waals surface area contributed by atoms with Crippen LogP contribution >= 0.6 is 34.8 Å². The average molecular weight is 532 g/mol. The SMILES string of the molecule is CCOc1ccccc1OC(=O)c1ccc(NC2=C(Cl)C(=O)N(c3ccc(Cl)c(Cl)c3)C2=O)cc1. The molecule has 0 fully saturated rings. The van der Waals surface area contributed by atoms with Crippen molar-refractivity contribution in [3.8, 4) is 11.5 Å². The van der Waals surface area contributed by atoms with E-state index in [0.29, 0.717) is 23.8 Å². The van der Waals surface area contributed by atoms with E-state index in [0.717, 1.165) is 4.90 Å². The average Bonchev–Trinajstić information content (AvgIpc) is 3.06. The number of rotatable bonds is 7. The van der Waals surface area contributed by atoms with Gasteiger partial charge in [0.25, 0.3) is 11.8 Å². The van der Waals surface area contributed by atoms with E-state index >= 15 is 0 Å². The highest BCUT2D eigenvalue weighted by Gasteiger charge is 2.39. The summed E-state index contributed by atoms with van der Waals surface area (Å²) in [6.07, 6.45) is 0. The van der Waals surface area contributed by atoms with Gasteiger partial charge >= 0.3 is 5.97 Å². The lowest BCUT2D eigenvalue weighted by Gasteiger charge is -2.15. The van der Waals surface area contributed by atoms with Crippen LogP contribution in [-0.4, -0.2) is 24.4 Å². The van der Waals surface area contributed by atoms with Crippen LogP contribution in [0.15, 0.2) is 77.5 Å². The molecule has 4 rings (SSSR count). The van der Waals surface area contributed by atoms with E-state index in [1.165, 1.54) is 30.3 Å². The van der Waals surface area contributed by atoms with Crippen molar-refractivity contribution >= 4 is 64.0 Å². The van der Waals surface area contributed by atoms with Crippen molar-refractivity contribution in [3.05, 3.63) is 93.1 Å². The maximum atomic E-state index is 12.9. The molecule has 3 aromatic carbocycles. The van der Waals surface area contributed by atoms with Crippen molar-refractivity contribution in [3.63, 3.8) is 0 Å². The quantitative estimate of drug-likeness (QED) is 0.227. The van der Waals surface area contributed by atoms with Crippen LogP contribution in [0.1, 0.15) is 17.3 Å². The zero-order valence-electron chi connectivity index (χ0n) is 18.2. The van der Waals surface area contributed by atoms with E-state index in [1.807, 2.05) is 6.92 Å². The normalized spacial score (nSPS) is 13.3. The van der Waals surface area contributed by atoms with Crippen molar-refractivity contribution in [1.82, 2.24) is 0 Å². The molecule has 1 heterocycles. The van der Waals surface area contributed by atoms with Crippen molar-refractivity contribution in [1.29, 1.82) is 0 Å². The van der Waals surface area contributed by atoms with Crippen LogP contribution in [0.3, 0.4) is 0 Å². The third-order valence-corrected chi connectivity index (χ3v) is 6.02. The highest BCUT2D eigenvalue weighted by atomic mass is 35.5. The van der Waals surface area contributed by atoms with Gasteiger partial charge < -0.3 is 14.8 Å². The molecule has 178 valence electrons. The van der Waals surface area contributed by atoms with Crippen LogP contribution in [-0.2, 0) is 9.59 Å². The van der Waals surface area contributed by atoms with E-state index in [1.54, 1.807) is 36.4 Å². The molecule has 0 atom stereocenters. The van der Waals surface area contributed by atoms with E-state index in [4.69, 9.17) is 44.3 Å². The highest BCUT2D eigenvalue weighted by Crippen LogP contribution is 2.34. The molecule has 0 unspecified atom stereocenters. The summed E-state index contributed by atoms with van der Waals surface area (Å²) in [7, 11) is 0. The number of carbonyl (C=O) groups is 3. The van der Waals surface area contributed by atoms with Gasteiger partial charge in [0.15, 0.2) is 11.5 Å². The summed E-state index contributed by atoms with van der Waals surface area (Å²) in [5.41, 5.74) is 0.827. The predicted molar refractivity (Wildman–Crippen MR) is 134 cm³/mol. The minimum Gasteiger partial charge on any atom is -0.490 e. The number of para-hydroxylation sites is 2. The van der Waals surface area contributed by atoms with Crippen molar-refractivity contribution in [2.45, 2.75) is 6.92 Å². The van der Waals surface area contributed by atoms with Crippen LogP contribution in [0.25, 0.3) is 0 Å². The smallest absolute Gasteiger partial charge is 0.343 e. The summed E-state index contributed by atoms with van der Waals surface area (Å²) < 4.78 is 10.9. The predicted octanol–water partition coefficient (Wildman–Crippen LogP) is 6.05. The number of carbonyl (C=O) groups excluding carboxylic acids is 3. The molecule has 35 heavy (non-hydrogen) atoms. The molecule has 0 aliphatic carbocycles. The molecular formula is C25H17Cl3N2O5. The summed E-state index contributed by atoms with van der Waals surface area (Å²) in [4.78, 5) is 39.0. The van der Waals surface area contributed by atoms with Gasteiger partial charge in [-0.15, -0.1) is 0 Å². The molecule has 0 aromatic heterocycles. The van der Waals surface area contributed by atoms with Gasteiger partial charge in [-0.05, 0) is 61.5 Å². The number of hydrogen-bond acceptors (Lipinski definition) is 6. The fraction of sp³-hybridized carbons (Fsp3) is 0.0800. The molecule has 0 saturated heterocycles. The monoisotopic (exact) mass is 530 g/mol. The highest BCUT2D eigenvalue weighted by molar-refractivity contribution is 6.53. The van der Waals surface area contributed by atoms with Gasteiger partial charge in [0.1, 0.15) is 10.7 Å². The van der Waals surface area contributed by atoms with E-state index < -0.39 is 17.8 Å². The lowest BCUT2D eigenvalue weighted by atomic mass is 10.2. The number of halogens is 3. The van der Waals surface area contributed by atoms with Gasteiger partial charge in [-0.1, -0.05) is 46.9 Å². The first-order valence-corrected chi connectivity index (χ1v) is 11.5. The van der Waals surface area contributed by atoms with Crippen molar-refractivity contribution in [2.75, 3.05) is 16.8 Å². The zero-order chi connectivity index (χ0) is 25.1. The number of nitrogens with one attached hydrogen (secondary N) is 1. The van der Waals surface area contributed by atoms with Gasteiger partial charge in [0, 0.05) is 5.69 Å². The summed E-state index contributed by atoms with van der Waals surface area (Å²) in [6, 6.07) is 17.4. The third kappa shape index (κ3) is 5.12. The summed E-state index contributed by atoms with van der Waals surface area (Å²) in [6.45, 7) is 2.26. The number of nitrogens with zero attached hydrogens (tertiary/aromatic N) is 1. The number of ether oxygens (including phenoxy) is 2. The summed E-state index contributed by atoms with van der Waals surface area (Å²) in [5.74, 6) is -1.19. The molecule has 10 heteroatoms. The van der Waals surface area contributed by atoms with Crippen molar-refractivity contribution < 1.29 is 23.9 Å². The molecule has 2 amide bonds. The molecule has 3 aromatic rings. The number of benzene rings is 3. The Bertz CT molecular complexity index is 1360. The van der Waals surface area contributed by atoms with Gasteiger partial charge in [0.05, 0.1) is 27.9 Å². The second-order valence-corrected chi connectivity index (χ2v) is 8.40. The van der Waals surface area contributed by atoms with Gasteiger partial charge in [-0.25, -0.2) is 9.69 Å². The van der Waals surface area contributed by atoms with Crippen LogP contribution in [0.5, 0.6) is 11.5 Å². The second kappa shape index (κ2) is 10.4. The van der Waals surface area contributed by atoms with Crippen LogP contribution < -0.4 is 19.7 Å². The van der Waals surface area contributed by atoms with Crippen LogP contribution in [0.2, 0.25) is 10.0 Å². The Morgan fingerprint density at radius 2 is 1.57 bits per heavy atom. The van der Waals surface area contributed by atoms with Crippen molar-refractivity contribution in [2.24, 2.45) is 0 Å². The number of anilines is 2. The molecule has 0 saturated carbocycles. The van der Waals surface area contributed by atoms with Gasteiger partial charge in [0.2, 0.25) is 0 Å². The maximum absolute atomic E-state index is 12.9. The minimum absolute atomic E-state index is 0.108. The largest absolute Gasteiger partial charge is 0.490 e. The van der Waals surface area contributed by atoms with Crippen LogP contribution in [0.4, 0.5) is 11.4 Å². The molecule has 1 aliphatic heterocycles. The first-order valence-electron chi connectivity index (χ1n) is 10.3. The van der Waals surface area contributed by atoms with E-state index in [9.17, 15) is 14.4 Å². The fourth-order valence-electron chi connectivity index (χ4n) is 3.27. The topological polar surface area (TPSA) is 84.9 Å². The van der Waals surface area contributed by atoms with E-state index in [-0.39, 0.29) is 32.0 Å². The molecule has 0 bridgehead atoms. The minimum atomic E-state index is -0.703. The maximum Gasteiger partial charge on any atom is 0.343 e. The van der Waals surface area contributed by atoms with E-state index in [2.05, 4.69) is 5.32 Å². The lowest BCUT2D eigenvalue weighted by Crippen LogP contribution is -2.32. The summed E-state index contributed by atoms with van der Waals surface area (Å²) in [5, 5.41) is 3.03. The zero-order valence-corrected chi connectivity index (χ0v) is 20.4. The molecule has 1 aliphatic rings. The molecule has 1 N–H and O–H groups in total. The Morgan fingerprint density at radius 3 is 2.23 bits per heavy atom. The second-order valence-electron chi connectivity index (χ2n) is 7.20.